The summed E-state index contributed by atoms with van der Waals surface area (Å²) in [6, 6.07) is 10.6. The third-order valence-corrected chi connectivity index (χ3v) is 4.07. The van der Waals surface area contributed by atoms with Crippen molar-refractivity contribution in [3.8, 4) is 11.4 Å². The number of carbonyl (C=O) groups is 1. The van der Waals surface area contributed by atoms with E-state index < -0.39 is 5.91 Å². The molecule has 3 aromatic rings. The first-order valence-electron chi connectivity index (χ1n) is 7.30. The topological polar surface area (TPSA) is 54.9 Å². The lowest BCUT2D eigenvalue weighted by molar-refractivity contribution is 0.102. The van der Waals surface area contributed by atoms with Crippen molar-refractivity contribution >= 4 is 34.8 Å². The Morgan fingerprint density at radius 2 is 1.84 bits per heavy atom. The van der Waals surface area contributed by atoms with E-state index in [9.17, 15) is 9.18 Å². The van der Waals surface area contributed by atoms with Gasteiger partial charge in [0.1, 0.15) is 5.82 Å². The highest BCUT2D eigenvalue weighted by molar-refractivity contribution is 6.35. The van der Waals surface area contributed by atoms with Crippen LogP contribution in [0.15, 0.2) is 48.7 Å². The van der Waals surface area contributed by atoms with Gasteiger partial charge in [0.05, 0.1) is 22.0 Å². The van der Waals surface area contributed by atoms with Crippen molar-refractivity contribution in [2.45, 2.75) is 6.92 Å². The largest absolute Gasteiger partial charge is 0.320 e. The van der Waals surface area contributed by atoms with Crippen molar-refractivity contribution in [1.82, 2.24) is 9.97 Å². The van der Waals surface area contributed by atoms with E-state index >= 15 is 0 Å². The predicted molar refractivity (Wildman–Crippen MR) is 96.6 cm³/mol. The fourth-order valence-corrected chi connectivity index (χ4v) is 2.55. The van der Waals surface area contributed by atoms with Crippen LogP contribution in [0.1, 0.15) is 16.1 Å². The third-order valence-electron chi connectivity index (χ3n) is 3.50. The van der Waals surface area contributed by atoms with Crippen LogP contribution in [0, 0.1) is 12.7 Å². The van der Waals surface area contributed by atoms with Crippen molar-refractivity contribution in [2.75, 3.05) is 5.32 Å². The molecule has 4 nitrogen and oxygen atoms in total. The molecule has 2 aromatic carbocycles. The van der Waals surface area contributed by atoms with Gasteiger partial charge in [0.2, 0.25) is 0 Å². The number of aryl methyl sites for hydroxylation is 1. The molecule has 0 bridgehead atoms. The molecule has 1 heterocycles. The number of carbonyl (C=O) groups excluding carboxylic acids is 1. The summed E-state index contributed by atoms with van der Waals surface area (Å²) in [5.41, 5.74) is 1.86. The van der Waals surface area contributed by atoms with Gasteiger partial charge in [-0.3, -0.25) is 4.79 Å². The zero-order chi connectivity index (χ0) is 18.0. The lowest BCUT2D eigenvalue weighted by atomic mass is 10.1. The van der Waals surface area contributed by atoms with E-state index in [-0.39, 0.29) is 5.82 Å². The zero-order valence-electron chi connectivity index (χ0n) is 13.1. The first-order valence-corrected chi connectivity index (χ1v) is 8.05. The second-order valence-electron chi connectivity index (χ2n) is 5.28. The van der Waals surface area contributed by atoms with Gasteiger partial charge in [0, 0.05) is 16.8 Å². The number of benzene rings is 2. The lowest BCUT2D eigenvalue weighted by Gasteiger charge is -2.10. The van der Waals surface area contributed by atoms with Crippen LogP contribution >= 0.6 is 23.2 Å². The van der Waals surface area contributed by atoms with E-state index in [0.29, 0.717) is 38.4 Å². The summed E-state index contributed by atoms with van der Waals surface area (Å²) in [7, 11) is 0. The van der Waals surface area contributed by atoms with Crippen molar-refractivity contribution in [1.29, 1.82) is 0 Å². The molecule has 1 aromatic heterocycles. The summed E-state index contributed by atoms with van der Waals surface area (Å²) in [5, 5.41) is 3.52. The fraction of sp³-hybridized carbons (Fsp3) is 0.0556. The molecule has 1 amide bonds. The molecule has 3 rings (SSSR count). The van der Waals surface area contributed by atoms with Crippen LogP contribution < -0.4 is 5.32 Å². The van der Waals surface area contributed by atoms with Gasteiger partial charge in [0.25, 0.3) is 5.91 Å². The monoisotopic (exact) mass is 375 g/mol. The molecule has 0 radical (unpaired) electrons. The second kappa shape index (κ2) is 7.17. The predicted octanol–water partition coefficient (Wildman–Crippen LogP) is 5.15. The number of amides is 1. The van der Waals surface area contributed by atoms with Crippen LogP contribution in [-0.4, -0.2) is 15.9 Å². The van der Waals surface area contributed by atoms with E-state index in [1.165, 1.54) is 18.3 Å². The van der Waals surface area contributed by atoms with Crippen LogP contribution in [0.25, 0.3) is 11.4 Å². The van der Waals surface area contributed by atoms with Gasteiger partial charge in [-0.1, -0.05) is 23.2 Å². The normalized spacial score (nSPS) is 10.6. The molecular weight excluding hydrogens is 364 g/mol. The Balaban J connectivity index is 1.86. The first kappa shape index (κ1) is 17.3. The lowest BCUT2D eigenvalue weighted by Crippen LogP contribution is -2.15. The van der Waals surface area contributed by atoms with E-state index in [2.05, 4.69) is 15.3 Å². The molecule has 1 N–H and O–H groups in total. The first-order chi connectivity index (χ1) is 11.9. The van der Waals surface area contributed by atoms with E-state index in [0.717, 1.165) is 0 Å². The molecule has 0 aliphatic carbocycles. The summed E-state index contributed by atoms with van der Waals surface area (Å²) in [4.78, 5) is 21.0. The quantitative estimate of drug-likeness (QED) is 0.688. The minimum atomic E-state index is -0.396. The summed E-state index contributed by atoms with van der Waals surface area (Å²) in [6.07, 6.45) is 1.43. The second-order valence-corrected chi connectivity index (χ2v) is 6.12. The molecule has 0 unspecified atom stereocenters. The van der Waals surface area contributed by atoms with E-state index in [1.807, 2.05) is 0 Å². The molecule has 7 heteroatoms. The Bertz CT molecular complexity index is 946. The van der Waals surface area contributed by atoms with Crippen LogP contribution in [-0.2, 0) is 0 Å². The average Bonchev–Trinajstić information content (AvgIpc) is 2.58. The van der Waals surface area contributed by atoms with Gasteiger partial charge in [-0.2, -0.15) is 0 Å². The van der Waals surface area contributed by atoms with E-state index in [4.69, 9.17) is 23.2 Å². The maximum Gasteiger partial charge on any atom is 0.259 e. The summed E-state index contributed by atoms with van der Waals surface area (Å²) in [6.45, 7) is 1.70. The minimum absolute atomic E-state index is 0.307. The Morgan fingerprint density at radius 3 is 2.52 bits per heavy atom. The van der Waals surface area contributed by atoms with Crippen LogP contribution in [0.5, 0.6) is 0 Å². The number of rotatable bonds is 3. The molecule has 0 spiro atoms. The van der Waals surface area contributed by atoms with Gasteiger partial charge in [-0.05, 0) is 49.4 Å². The number of hydrogen-bond acceptors (Lipinski definition) is 3. The molecule has 0 fully saturated rings. The zero-order valence-corrected chi connectivity index (χ0v) is 14.6. The van der Waals surface area contributed by atoms with Gasteiger partial charge in [-0.15, -0.1) is 0 Å². The minimum Gasteiger partial charge on any atom is -0.320 e. The number of halogens is 3. The average molecular weight is 376 g/mol. The number of nitrogens with zero attached hydrogens (tertiary/aromatic N) is 2. The number of hydrogen-bond donors (Lipinski definition) is 1. The van der Waals surface area contributed by atoms with Gasteiger partial charge in [-0.25, -0.2) is 14.4 Å². The SMILES string of the molecule is Cc1nc(-c2ccc(F)cc2)ncc1C(=O)Nc1cc(Cl)ccc1Cl. The summed E-state index contributed by atoms with van der Waals surface area (Å²) < 4.78 is 13.0. The Hall–Kier alpha value is -2.50. The third kappa shape index (κ3) is 3.95. The molecule has 0 aliphatic rings. The maximum atomic E-state index is 13.0. The molecule has 0 aliphatic heterocycles. The van der Waals surface area contributed by atoms with Crippen LogP contribution in [0.2, 0.25) is 10.0 Å². The number of nitrogens with one attached hydrogen (secondary N) is 1. The Labute approximate surface area is 153 Å². The van der Waals surface area contributed by atoms with Crippen molar-refractivity contribution in [3.05, 3.63) is 75.8 Å². The molecular formula is C18H12Cl2FN3O. The van der Waals surface area contributed by atoms with Crippen LogP contribution in [0.4, 0.5) is 10.1 Å². The van der Waals surface area contributed by atoms with Gasteiger partial charge < -0.3 is 5.32 Å². The highest BCUT2D eigenvalue weighted by Crippen LogP contribution is 2.26. The van der Waals surface area contributed by atoms with Crippen LogP contribution in [0.3, 0.4) is 0 Å². The van der Waals surface area contributed by atoms with E-state index in [1.54, 1.807) is 37.3 Å². The van der Waals surface area contributed by atoms with Crippen molar-refractivity contribution in [3.63, 3.8) is 0 Å². The smallest absolute Gasteiger partial charge is 0.259 e. The number of anilines is 1. The molecule has 126 valence electrons. The molecule has 0 saturated carbocycles. The Morgan fingerprint density at radius 1 is 1.12 bits per heavy atom. The standard InChI is InChI=1S/C18H12Cl2FN3O/c1-10-14(18(25)24-16-8-12(19)4-7-15(16)20)9-22-17(23-10)11-2-5-13(21)6-3-11/h2-9H,1H3,(H,24,25). The highest BCUT2D eigenvalue weighted by Gasteiger charge is 2.14. The van der Waals surface area contributed by atoms with Crippen molar-refractivity contribution in [2.24, 2.45) is 0 Å². The highest BCUT2D eigenvalue weighted by atomic mass is 35.5. The molecule has 0 atom stereocenters. The van der Waals surface area contributed by atoms with Gasteiger partial charge in [0.15, 0.2) is 5.82 Å². The fourth-order valence-electron chi connectivity index (χ4n) is 2.21. The van der Waals surface area contributed by atoms with Gasteiger partial charge >= 0.3 is 0 Å². The van der Waals surface area contributed by atoms with Crippen molar-refractivity contribution < 1.29 is 9.18 Å². The molecule has 25 heavy (non-hydrogen) atoms. The summed E-state index contributed by atoms with van der Waals surface area (Å²) in [5.74, 6) is -0.322. The number of aromatic nitrogens is 2. The maximum absolute atomic E-state index is 13.0. The Kier molecular flexibility index (Phi) is 4.97. The molecule has 0 saturated heterocycles. The summed E-state index contributed by atoms with van der Waals surface area (Å²) >= 11 is 12.0.